The van der Waals surface area contributed by atoms with Crippen molar-refractivity contribution < 1.29 is 4.48 Å². The zero-order valence-corrected chi connectivity index (χ0v) is 13.6. The van der Waals surface area contributed by atoms with Crippen molar-refractivity contribution in [1.29, 1.82) is 0 Å². The molecule has 0 spiro atoms. The number of rotatable bonds is 3. The molecule has 0 N–H and O–H groups in total. The first-order valence-corrected chi connectivity index (χ1v) is 8.12. The Labute approximate surface area is 128 Å². The Balaban J connectivity index is 2.06. The maximum Gasteiger partial charge on any atom is 0.139 e. The molecule has 0 fully saturated rings. The van der Waals surface area contributed by atoms with E-state index < -0.39 is 0 Å². The van der Waals surface area contributed by atoms with Crippen molar-refractivity contribution in [2.75, 3.05) is 7.05 Å². The second kappa shape index (κ2) is 5.31. The number of nitrogens with zero attached hydrogens (tertiary/aromatic N) is 1. The van der Waals surface area contributed by atoms with Gasteiger partial charge in [-0.3, -0.25) is 4.48 Å². The van der Waals surface area contributed by atoms with Gasteiger partial charge in [-0.25, -0.2) is 0 Å². The van der Waals surface area contributed by atoms with Gasteiger partial charge in [0.05, 0.1) is 13.2 Å². The third-order valence-electron chi connectivity index (χ3n) is 5.35. The molecular weight excluding hydrogens is 254 g/mol. The molecule has 0 aliphatic carbocycles. The smallest absolute Gasteiger partial charge is 0.139 e. The maximum absolute atomic E-state index is 2.49. The van der Waals surface area contributed by atoms with Crippen LogP contribution in [0.1, 0.15) is 56.8 Å². The van der Waals surface area contributed by atoms with E-state index in [1.165, 1.54) is 35.1 Å². The summed E-state index contributed by atoms with van der Waals surface area (Å²) in [6.45, 7) is 6.77. The number of hydrogen-bond acceptors (Lipinski definition) is 0. The van der Waals surface area contributed by atoms with Crippen LogP contribution in [-0.4, -0.2) is 11.5 Å². The van der Waals surface area contributed by atoms with E-state index in [0.29, 0.717) is 12.1 Å². The van der Waals surface area contributed by atoms with Gasteiger partial charge in [-0.05, 0) is 43.6 Å². The minimum atomic E-state index is 0.461. The van der Waals surface area contributed by atoms with E-state index in [4.69, 9.17) is 0 Å². The van der Waals surface area contributed by atoms with Gasteiger partial charge in [0.15, 0.2) is 0 Å². The Morgan fingerprint density at radius 3 is 2.62 bits per heavy atom. The van der Waals surface area contributed by atoms with E-state index in [9.17, 15) is 0 Å². The molecule has 0 saturated heterocycles. The molecule has 0 saturated carbocycles. The van der Waals surface area contributed by atoms with Crippen LogP contribution in [0.5, 0.6) is 0 Å². The Morgan fingerprint density at radius 2 is 1.95 bits per heavy atom. The van der Waals surface area contributed by atoms with Gasteiger partial charge in [0.2, 0.25) is 0 Å². The molecule has 0 bridgehead atoms. The van der Waals surface area contributed by atoms with Crippen LogP contribution in [0.3, 0.4) is 0 Å². The minimum Gasteiger partial charge on any atom is -0.284 e. The van der Waals surface area contributed by atoms with Crippen LogP contribution in [0.25, 0.3) is 0 Å². The summed E-state index contributed by atoms with van der Waals surface area (Å²) in [6, 6.07) is 9.94. The summed E-state index contributed by atoms with van der Waals surface area (Å²) in [7, 11) is 2.36. The highest BCUT2D eigenvalue weighted by Crippen LogP contribution is 2.50. The zero-order chi connectivity index (χ0) is 15.0. The molecular formula is C20H26N+. The van der Waals surface area contributed by atoms with Crippen LogP contribution < -0.4 is 0 Å². The van der Waals surface area contributed by atoms with Crippen LogP contribution in [0.15, 0.2) is 59.8 Å². The van der Waals surface area contributed by atoms with Gasteiger partial charge >= 0.3 is 0 Å². The Bertz CT molecular complexity index is 635. The lowest BCUT2D eigenvalue weighted by molar-refractivity contribution is -0.906. The molecule has 2 heterocycles. The summed E-state index contributed by atoms with van der Waals surface area (Å²) in [5.41, 5.74) is 5.91. The molecule has 2 aliphatic heterocycles. The van der Waals surface area contributed by atoms with Crippen molar-refractivity contribution in [3.8, 4) is 0 Å². The fourth-order valence-corrected chi connectivity index (χ4v) is 3.88. The van der Waals surface area contributed by atoms with E-state index in [0.717, 1.165) is 4.48 Å². The van der Waals surface area contributed by atoms with Crippen LogP contribution in [0, 0.1) is 0 Å². The zero-order valence-electron chi connectivity index (χ0n) is 13.6. The SMILES string of the molecule is C/C=C(\CCC)C1=CC2c3ccccc3C(C)[N+]2(C)C=C1. The largest absolute Gasteiger partial charge is 0.284 e. The normalized spacial score (nSPS) is 30.9. The molecule has 0 aromatic heterocycles. The lowest BCUT2D eigenvalue weighted by atomic mass is 9.94. The topological polar surface area (TPSA) is 0 Å². The summed E-state index contributed by atoms with van der Waals surface area (Å²) in [5, 5.41) is 0. The Morgan fingerprint density at radius 1 is 1.24 bits per heavy atom. The number of fused-ring (bicyclic) bond motifs is 3. The lowest BCUT2D eigenvalue weighted by Gasteiger charge is -2.38. The first-order chi connectivity index (χ1) is 10.1. The fourth-order valence-electron chi connectivity index (χ4n) is 3.88. The Kier molecular flexibility index (Phi) is 3.62. The highest BCUT2D eigenvalue weighted by Gasteiger charge is 2.46. The molecule has 1 nitrogen and oxygen atoms in total. The molecule has 3 unspecified atom stereocenters. The van der Waals surface area contributed by atoms with Crippen molar-refractivity contribution in [2.24, 2.45) is 0 Å². The summed E-state index contributed by atoms with van der Waals surface area (Å²) in [5.74, 6) is 0. The number of likely N-dealkylation sites (N-methyl/N-ethyl adjacent to an activating group) is 1. The monoisotopic (exact) mass is 280 g/mol. The number of benzene rings is 1. The third kappa shape index (κ3) is 2.11. The van der Waals surface area contributed by atoms with E-state index in [1.54, 1.807) is 0 Å². The first kappa shape index (κ1) is 14.3. The molecule has 0 amide bonds. The quantitative estimate of drug-likeness (QED) is 0.646. The van der Waals surface area contributed by atoms with Crippen molar-refractivity contribution in [2.45, 2.75) is 45.7 Å². The first-order valence-electron chi connectivity index (χ1n) is 8.12. The third-order valence-corrected chi connectivity index (χ3v) is 5.35. The average Bonchev–Trinajstić information content (AvgIpc) is 2.74. The molecule has 1 aromatic rings. The standard InChI is InChI=1S/C20H26N/c1-5-9-16(6-2)17-12-13-21(4)15(3)18-10-7-8-11-19(18)20(21)14-17/h6-8,10-15,20H,5,9H2,1-4H3/q+1/b16-6+. The van der Waals surface area contributed by atoms with Crippen molar-refractivity contribution in [3.05, 3.63) is 71.0 Å². The lowest BCUT2D eigenvalue weighted by Crippen LogP contribution is -2.39. The van der Waals surface area contributed by atoms with Gasteiger partial charge in [0, 0.05) is 11.1 Å². The van der Waals surface area contributed by atoms with Gasteiger partial charge < -0.3 is 0 Å². The van der Waals surface area contributed by atoms with Gasteiger partial charge in [-0.1, -0.05) is 43.7 Å². The van der Waals surface area contributed by atoms with E-state index >= 15 is 0 Å². The number of hydrogen-bond donors (Lipinski definition) is 0. The van der Waals surface area contributed by atoms with Gasteiger partial charge in [-0.15, -0.1) is 0 Å². The summed E-state index contributed by atoms with van der Waals surface area (Å²) in [4.78, 5) is 0. The fraction of sp³-hybridized carbons (Fsp3) is 0.400. The summed E-state index contributed by atoms with van der Waals surface area (Å²) in [6.07, 6.45) is 11.9. The second-order valence-corrected chi connectivity index (χ2v) is 6.47. The van der Waals surface area contributed by atoms with Crippen molar-refractivity contribution in [3.63, 3.8) is 0 Å². The predicted molar refractivity (Wildman–Crippen MR) is 89.7 cm³/mol. The van der Waals surface area contributed by atoms with E-state index in [2.05, 4.69) is 76.5 Å². The van der Waals surface area contributed by atoms with E-state index in [1.807, 2.05) is 0 Å². The second-order valence-electron chi connectivity index (χ2n) is 6.47. The molecule has 3 atom stereocenters. The highest BCUT2D eigenvalue weighted by atomic mass is 15.4. The van der Waals surface area contributed by atoms with Gasteiger partial charge in [0.25, 0.3) is 0 Å². The van der Waals surface area contributed by atoms with Crippen molar-refractivity contribution >= 4 is 0 Å². The average molecular weight is 280 g/mol. The number of quaternary nitrogens is 1. The Hall–Kier alpha value is -1.60. The maximum atomic E-state index is 2.49. The van der Waals surface area contributed by atoms with Crippen LogP contribution in [-0.2, 0) is 0 Å². The van der Waals surface area contributed by atoms with Crippen LogP contribution >= 0.6 is 0 Å². The molecule has 1 heteroatoms. The summed E-state index contributed by atoms with van der Waals surface area (Å²) >= 11 is 0. The van der Waals surface area contributed by atoms with Gasteiger partial charge in [0.1, 0.15) is 12.1 Å². The molecule has 110 valence electrons. The minimum absolute atomic E-state index is 0.461. The van der Waals surface area contributed by atoms with Crippen LogP contribution in [0.4, 0.5) is 0 Å². The van der Waals surface area contributed by atoms with Gasteiger partial charge in [-0.2, -0.15) is 0 Å². The van der Waals surface area contributed by atoms with E-state index in [-0.39, 0.29) is 0 Å². The van der Waals surface area contributed by atoms with Crippen LogP contribution in [0.2, 0.25) is 0 Å². The molecule has 1 aromatic carbocycles. The predicted octanol–water partition coefficient (Wildman–Crippen LogP) is 5.45. The molecule has 3 rings (SSSR count). The highest BCUT2D eigenvalue weighted by molar-refractivity contribution is 5.46. The molecule has 21 heavy (non-hydrogen) atoms. The van der Waals surface area contributed by atoms with Crippen molar-refractivity contribution in [1.82, 2.24) is 0 Å². The number of allylic oxidation sites excluding steroid dienone is 4. The summed E-state index contributed by atoms with van der Waals surface area (Å²) < 4.78 is 0.978. The molecule has 2 aliphatic rings. The molecule has 0 radical (unpaired) electrons.